The van der Waals surface area contributed by atoms with E-state index in [9.17, 15) is 9.59 Å². The first-order valence-electron chi connectivity index (χ1n) is 8.95. The number of thioether (sulfide) groups is 1. The molecule has 1 aliphatic rings. The van der Waals surface area contributed by atoms with Crippen LogP contribution in [0.3, 0.4) is 0 Å². The number of esters is 1. The van der Waals surface area contributed by atoms with E-state index in [1.165, 1.54) is 11.8 Å². The van der Waals surface area contributed by atoms with Crippen molar-refractivity contribution in [2.24, 2.45) is 4.99 Å². The zero-order valence-corrected chi connectivity index (χ0v) is 18.1. The Morgan fingerprint density at radius 1 is 1.21 bits per heavy atom. The van der Waals surface area contributed by atoms with Crippen molar-refractivity contribution in [3.8, 4) is 0 Å². The van der Waals surface area contributed by atoms with Gasteiger partial charge < -0.3 is 4.74 Å². The number of likely N-dealkylation sites (N-methyl/N-ethyl adjacent to an activating group) is 1. The molecule has 2 aromatic carbocycles. The molecule has 1 fully saturated rings. The Kier molecular flexibility index (Phi) is 7.00. The molecule has 0 atom stereocenters. The van der Waals surface area contributed by atoms with E-state index in [1.54, 1.807) is 60.4 Å². The van der Waals surface area contributed by atoms with Gasteiger partial charge in [-0.2, -0.15) is 0 Å². The molecule has 5 nitrogen and oxygen atoms in total. The fourth-order valence-corrected chi connectivity index (χ4v) is 4.17. The molecule has 0 aromatic heterocycles. The number of rotatable bonds is 5. The molecule has 29 heavy (non-hydrogen) atoms. The van der Waals surface area contributed by atoms with Gasteiger partial charge in [0.2, 0.25) is 0 Å². The zero-order chi connectivity index (χ0) is 21.0. The van der Waals surface area contributed by atoms with Crippen molar-refractivity contribution >= 4 is 63.8 Å². The van der Waals surface area contributed by atoms with Crippen molar-refractivity contribution < 1.29 is 14.3 Å². The average molecular weight is 449 g/mol. The number of aliphatic imine (C=N–C) groups is 1. The first-order chi connectivity index (χ1) is 13.9. The number of hydrogen-bond donors (Lipinski definition) is 0. The molecule has 2 aromatic rings. The quantitative estimate of drug-likeness (QED) is 0.428. The van der Waals surface area contributed by atoms with Gasteiger partial charge in [-0.25, -0.2) is 9.79 Å². The maximum absolute atomic E-state index is 12.8. The second-order valence-corrected chi connectivity index (χ2v) is 7.84. The zero-order valence-electron chi connectivity index (χ0n) is 15.8. The highest BCUT2D eigenvalue weighted by Gasteiger charge is 2.32. The lowest BCUT2D eigenvalue weighted by molar-refractivity contribution is -0.122. The minimum Gasteiger partial charge on any atom is -0.462 e. The van der Waals surface area contributed by atoms with Crippen LogP contribution >= 0.6 is 35.0 Å². The summed E-state index contributed by atoms with van der Waals surface area (Å²) in [5.74, 6) is -0.557. The van der Waals surface area contributed by atoms with Crippen molar-refractivity contribution in [3.05, 3.63) is 68.5 Å². The number of benzene rings is 2. The van der Waals surface area contributed by atoms with Crippen LogP contribution in [0.1, 0.15) is 29.8 Å². The molecule has 0 unspecified atom stereocenters. The second kappa shape index (κ2) is 9.48. The van der Waals surface area contributed by atoms with Gasteiger partial charge in [-0.15, -0.1) is 0 Å². The Morgan fingerprint density at radius 2 is 2.00 bits per heavy atom. The molecule has 1 aliphatic heterocycles. The van der Waals surface area contributed by atoms with Gasteiger partial charge in [0, 0.05) is 16.6 Å². The molecule has 0 N–H and O–H groups in total. The lowest BCUT2D eigenvalue weighted by Crippen LogP contribution is -2.28. The lowest BCUT2D eigenvalue weighted by Gasteiger charge is -2.12. The van der Waals surface area contributed by atoms with E-state index in [-0.39, 0.29) is 5.91 Å². The lowest BCUT2D eigenvalue weighted by atomic mass is 10.2. The van der Waals surface area contributed by atoms with Crippen molar-refractivity contribution in [2.75, 3.05) is 13.2 Å². The van der Waals surface area contributed by atoms with Crippen LogP contribution in [0.2, 0.25) is 10.0 Å². The van der Waals surface area contributed by atoms with Crippen LogP contribution in [0.5, 0.6) is 0 Å². The summed E-state index contributed by atoms with van der Waals surface area (Å²) in [5, 5.41) is 1.53. The maximum atomic E-state index is 12.8. The first-order valence-corrected chi connectivity index (χ1v) is 10.5. The highest BCUT2D eigenvalue weighted by Crippen LogP contribution is 2.35. The van der Waals surface area contributed by atoms with Crippen LogP contribution < -0.4 is 0 Å². The van der Waals surface area contributed by atoms with Gasteiger partial charge in [-0.05, 0) is 67.6 Å². The van der Waals surface area contributed by atoms with Crippen LogP contribution in [0.25, 0.3) is 6.08 Å². The summed E-state index contributed by atoms with van der Waals surface area (Å²) < 4.78 is 5.03. The largest absolute Gasteiger partial charge is 0.462 e. The third kappa shape index (κ3) is 5.01. The number of nitrogens with zero attached hydrogens (tertiary/aromatic N) is 2. The van der Waals surface area contributed by atoms with E-state index < -0.39 is 5.97 Å². The smallest absolute Gasteiger partial charge is 0.338 e. The van der Waals surface area contributed by atoms with Gasteiger partial charge in [0.15, 0.2) is 5.17 Å². The molecular weight excluding hydrogens is 431 g/mol. The number of halogens is 2. The molecule has 1 saturated heterocycles. The van der Waals surface area contributed by atoms with Crippen LogP contribution in [-0.2, 0) is 9.53 Å². The molecule has 150 valence electrons. The Balaban J connectivity index is 1.92. The van der Waals surface area contributed by atoms with Crippen molar-refractivity contribution in [3.63, 3.8) is 0 Å². The Morgan fingerprint density at radius 3 is 2.69 bits per heavy atom. The highest BCUT2D eigenvalue weighted by atomic mass is 35.5. The topological polar surface area (TPSA) is 59.0 Å². The summed E-state index contributed by atoms with van der Waals surface area (Å²) in [6.07, 6.45) is 1.73. The normalized spacial score (nSPS) is 16.7. The Bertz CT molecular complexity index is 1020. The summed E-state index contributed by atoms with van der Waals surface area (Å²) >= 11 is 13.4. The fourth-order valence-electron chi connectivity index (χ4n) is 2.66. The number of amidine groups is 1. The number of carbonyl (C=O) groups excluding carboxylic acids is 2. The maximum Gasteiger partial charge on any atom is 0.338 e. The monoisotopic (exact) mass is 448 g/mol. The molecule has 1 heterocycles. The Hall–Kier alpha value is -2.28. The van der Waals surface area contributed by atoms with E-state index in [2.05, 4.69) is 4.99 Å². The predicted molar refractivity (Wildman–Crippen MR) is 119 cm³/mol. The van der Waals surface area contributed by atoms with Gasteiger partial charge in [-0.1, -0.05) is 35.3 Å². The standard InChI is InChI=1S/C21H18Cl2N2O3S/c1-3-25-19(26)18(11-13-8-9-15(22)12-17(13)23)29-21(25)24-16-7-5-6-14(10-16)20(27)28-4-2/h5-12H,3-4H2,1-2H3. The van der Waals surface area contributed by atoms with E-state index in [0.29, 0.717) is 50.1 Å². The van der Waals surface area contributed by atoms with E-state index in [1.807, 2.05) is 6.92 Å². The minimum absolute atomic E-state index is 0.149. The van der Waals surface area contributed by atoms with E-state index in [0.717, 1.165) is 0 Å². The summed E-state index contributed by atoms with van der Waals surface area (Å²) in [5.41, 5.74) is 1.68. The molecule has 0 spiro atoms. The van der Waals surface area contributed by atoms with Crippen molar-refractivity contribution in [1.29, 1.82) is 0 Å². The van der Waals surface area contributed by atoms with Crippen LogP contribution in [-0.4, -0.2) is 35.1 Å². The molecule has 0 saturated carbocycles. The number of hydrogen-bond acceptors (Lipinski definition) is 5. The molecule has 0 radical (unpaired) electrons. The molecule has 3 rings (SSSR count). The highest BCUT2D eigenvalue weighted by molar-refractivity contribution is 8.18. The summed E-state index contributed by atoms with van der Waals surface area (Å²) in [4.78, 5) is 31.4. The summed E-state index contributed by atoms with van der Waals surface area (Å²) in [6, 6.07) is 11.9. The van der Waals surface area contributed by atoms with Gasteiger partial charge in [0.05, 0.1) is 22.8 Å². The number of ether oxygens (including phenoxy) is 1. The van der Waals surface area contributed by atoms with E-state index >= 15 is 0 Å². The number of amides is 1. The van der Waals surface area contributed by atoms with Crippen LogP contribution in [0.15, 0.2) is 52.4 Å². The van der Waals surface area contributed by atoms with Gasteiger partial charge >= 0.3 is 5.97 Å². The summed E-state index contributed by atoms with van der Waals surface area (Å²) in [7, 11) is 0. The molecule has 8 heteroatoms. The molecular formula is C21H18Cl2N2O3S. The Labute approximate surface area is 183 Å². The predicted octanol–water partition coefficient (Wildman–Crippen LogP) is 5.79. The molecule has 1 amide bonds. The van der Waals surface area contributed by atoms with Gasteiger partial charge in [0.1, 0.15) is 0 Å². The fraction of sp³-hybridized carbons (Fsp3) is 0.190. The van der Waals surface area contributed by atoms with Crippen LogP contribution in [0, 0.1) is 0 Å². The SMILES string of the molecule is CCOC(=O)c1cccc(N=C2SC(=Cc3ccc(Cl)cc3Cl)C(=O)N2CC)c1. The summed E-state index contributed by atoms with van der Waals surface area (Å²) in [6.45, 7) is 4.39. The van der Waals surface area contributed by atoms with Crippen LogP contribution in [0.4, 0.5) is 5.69 Å². The third-order valence-electron chi connectivity index (χ3n) is 4.04. The first kappa shape index (κ1) is 21.4. The number of carbonyl (C=O) groups is 2. The van der Waals surface area contributed by atoms with Gasteiger partial charge in [-0.3, -0.25) is 9.69 Å². The van der Waals surface area contributed by atoms with E-state index in [4.69, 9.17) is 27.9 Å². The third-order valence-corrected chi connectivity index (χ3v) is 5.60. The molecule has 0 bridgehead atoms. The molecule has 0 aliphatic carbocycles. The second-order valence-electron chi connectivity index (χ2n) is 5.99. The van der Waals surface area contributed by atoms with Gasteiger partial charge in [0.25, 0.3) is 5.91 Å². The minimum atomic E-state index is -0.407. The van der Waals surface area contributed by atoms with Crippen molar-refractivity contribution in [2.45, 2.75) is 13.8 Å². The average Bonchev–Trinajstić information content (AvgIpc) is 2.98. The van der Waals surface area contributed by atoms with Crippen molar-refractivity contribution in [1.82, 2.24) is 4.90 Å².